The molecule has 42 heavy (non-hydrogen) atoms. The van der Waals surface area contributed by atoms with E-state index >= 15 is 0 Å². The Bertz CT molecular complexity index is 1620. The maximum atomic E-state index is 14.0. The van der Waals surface area contributed by atoms with E-state index in [0.717, 1.165) is 11.0 Å². The number of hydrogen-bond acceptors (Lipinski definition) is 4. The van der Waals surface area contributed by atoms with Gasteiger partial charge in [0.25, 0.3) is 0 Å². The minimum absolute atomic E-state index is 0.0116. The minimum Gasteiger partial charge on any atom is -0.505 e. The molecular formula is C30H24F7N3O2. The number of pyridine rings is 2. The van der Waals surface area contributed by atoms with Crippen molar-refractivity contribution in [2.45, 2.75) is 38.5 Å². The molecule has 4 aromatic rings. The first kappa shape index (κ1) is 30.5. The van der Waals surface area contributed by atoms with Gasteiger partial charge in [-0.15, -0.1) is 0 Å². The Morgan fingerprint density at radius 3 is 2.00 bits per heavy atom. The van der Waals surface area contributed by atoms with Crippen LogP contribution in [0.25, 0.3) is 22.4 Å². The van der Waals surface area contributed by atoms with Crippen LogP contribution in [-0.4, -0.2) is 28.0 Å². The van der Waals surface area contributed by atoms with Gasteiger partial charge in [0, 0.05) is 25.0 Å². The van der Waals surface area contributed by atoms with E-state index < -0.39 is 51.9 Å². The number of anilines is 1. The molecule has 0 atom stereocenters. The summed E-state index contributed by atoms with van der Waals surface area (Å²) in [5, 5.41) is 11.4. The lowest BCUT2D eigenvalue weighted by molar-refractivity contribution is -0.143. The predicted molar refractivity (Wildman–Crippen MR) is 142 cm³/mol. The van der Waals surface area contributed by atoms with E-state index in [-0.39, 0.29) is 23.0 Å². The number of benzene rings is 2. The van der Waals surface area contributed by atoms with Crippen LogP contribution in [0, 0.1) is 12.7 Å². The topological polar surface area (TPSA) is 66.3 Å². The fourth-order valence-electron chi connectivity index (χ4n) is 4.60. The SMILES string of the molecule is Cc1cc(F)ccc1-c1c(N(C)C(=O)C(C)(C)c2cc(C(F)(F)F)cc(C(F)(F)F)c2)cnc(-c2cccnc2)c1O. The number of carbonyl (C=O) groups excluding carboxylic acids is 1. The van der Waals surface area contributed by atoms with Crippen molar-refractivity contribution in [1.82, 2.24) is 9.97 Å². The molecule has 0 aliphatic heterocycles. The van der Waals surface area contributed by atoms with Crippen LogP contribution in [0.2, 0.25) is 0 Å². The molecule has 2 heterocycles. The Labute approximate surface area is 236 Å². The zero-order chi connectivity index (χ0) is 31.2. The smallest absolute Gasteiger partial charge is 0.416 e. The van der Waals surface area contributed by atoms with Crippen molar-refractivity contribution in [1.29, 1.82) is 0 Å². The van der Waals surface area contributed by atoms with Crippen LogP contribution in [0.15, 0.2) is 67.1 Å². The molecule has 0 spiro atoms. The molecular weight excluding hydrogens is 567 g/mol. The molecule has 220 valence electrons. The molecule has 0 aliphatic rings. The van der Waals surface area contributed by atoms with Gasteiger partial charge in [-0.2, -0.15) is 26.3 Å². The van der Waals surface area contributed by atoms with E-state index in [0.29, 0.717) is 28.8 Å². The highest BCUT2D eigenvalue weighted by atomic mass is 19.4. The number of hydrogen-bond donors (Lipinski definition) is 1. The Morgan fingerprint density at radius 2 is 1.48 bits per heavy atom. The number of aromatic nitrogens is 2. The second-order valence-corrected chi connectivity index (χ2v) is 10.2. The third kappa shape index (κ3) is 5.79. The van der Waals surface area contributed by atoms with E-state index in [1.165, 1.54) is 51.6 Å². The first-order valence-corrected chi connectivity index (χ1v) is 12.4. The van der Waals surface area contributed by atoms with Crippen LogP contribution in [-0.2, 0) is 22.6 Å². The van der Waals surface area contributed by atoms with Crippen molar-refractivity contribution < 1.29 is 40.6 Å². The Morgan fingerprint density at radius 1 is 0.881 bits per heavy atom. The lowest BCUT2D eigenvalue weighted by Crippen LogP contribution is -2.42. The monoisotopic (exact) mass is 591 g/mol. The van der Waals surface area contributed by atoms with Gasteiger partial charge < -0.3 is 10.0 Å². The molecule has 0 saturated heterocycles. The van der Waals surface area contributed by atoms with Crippen molar-refractivity contribution in [3.05, 3.63) is 95.2 Å². The molecule has 2 aromatic heterocycles. The van der Waals surface area contributed by atoms with Crippen LogP contribution in [0.1, 0.15) is 36.1 Å². The number of rotatable bonds is 5. The number of nitrogens with zero attached hydrogens (tertiary/aromatic N) is 3. The molecule has 0 radical (unpaired) electrons. The maximum absolute atomic E-state index is 14.0. The predicted octanol–water partition coefficient (Wildman–Crippen LogP) is 7.94. The number of carbonyl (C=O) groups is 1. The zero-order valence-corrected chi connectivity index (χ0v) is 22.7. The van der Waals surface area contributed by atoms with Crippen LogP contribution >= 0.6 is 0 Å². The quantitative estimate of drug-likeness (QED) is 0.239. The van der Waals surface area contributed by atoms with Gasteiger partial charge in [0.2, 0.25) is 5.91 Å². The fraction of sp³-hybridized carbons (Fsp3) is 0.233. The van der Waals surface area contributed by atoms with Crippen LogP contribution < -0.4 is 4.90 Å². The maximum Gasteiger partial charge on any atom is 0.416 e. The molecule has 0 unspecified atom stereocenters. The highest BCUT2D eigenvalue weighted by molar-refractivity contribution is 6.04. The third-order valence-electron chi connectivity index (χ3n) is 6.94. The molecule has 2 aromatic carbocycles. The largest absolute Gasteiger partial charge is 0.505 e. The average Bonchev–Trinajstić information content (AvgIpc) is 2.91. The summed E-state index contributed by atoms with van der Waals surface area (Å²) in [5.74, 6) is -1.85. The number of aryl methyl sites for hydroxylation is 1. The minimum atomic E-state index is -5.11. The highest BCUT2D eigenvalue weighted by Gasteiger charge is 2.41. The molecule has 0 saturated carbocycles. The fourth-order valence-corrected chi connectivity index (χ4v) is 4.60. The lowest BCUT2D eigenvalue weighted by Gasteiger charge is -2.32. The number of likely N-dealkylation sites (N-methyl/N-ethyl adjacent to an activating group) is 1. The molecule has 4 rings (SSSR count). The van der Waals surface area contributed by atoms with Crippen molar-refractivity contribution >= 4 is 11.6 Å². The summed E-state index contributed by atoms with van der Waals surface area (Å²) >= 11 is 0. The molecule has 12 heteroatoms. The summed E-state index contributed by atoms with van der Waals surface area (Å²) in [4.78, 5) is 23.1. The standard InChI is InChI=1S/C30H24F7N3O2/c1-16-10-21(31)7-8-22(16)24-23(15-39-25(26(24)41)17-6-5-9-38-14-17)40(4)27(42)28(2,3)18-11-19(29(32,33)34)13-20(12-18)30(35,36)37/h5-15,41H,1-4H3. The van der Waals surface area contributed by atoms with Crippen LogP contribution in [0.3, 0.4) is 0 Å². The van der Waals surface area contributed by atoms with Crippen LogP contribution in [0.4, 0.5) is 36.4 Å². The van der Waals surface area contributed by atoms with Gasteiger partial charge in [0.15, 0.2) is 5.75 Å². The molecule has 5 nitrogen and oxygen atoms in total. The summed E-state index contributed by atoms with van der Waals surface area (Å²) in [5.41, 5.74) is -4.33. The molecule has 0 aliphatic carbocycles. The second kappa shape index (κ2) is 10.7. The van der Waals surface area contributed by atoms with Crippen molar-refractivity contribution in [2.75, 3.05) is 11.9 Å². The normalized spacial score (nSPS) is 12.4. The summed E-state index contributed by atoms with van der Waals surface area (Å²) in [6.07, 6.45) is -6.03. The summed E-state index contributed by atoms with van der Waals surface area (Å²) in [6, 6.07) is 7.96. The van der Waals surface area contributed by atoms with E-state index in [1.807, 2.05) is 0 Å². The van der Waals surface area contributed by atoms with E-state index in [4.69, 9.17) is 0 Å². The van der Waals surface area contributed by atoms with Gasteiger partial charge in [0.1, 0.15) is 11.5 Å². The number of aromatic hydroxyl groups is 1. The first-order valence-electron chi connectivity index (χ1n) is 12.4. The third-order valence-corrected chi connectivity index (χ3v) is 6.94. The molecule has 1 N–H and O–H groups in total. The van der Waals surface area contributed by atoms with Crippen molar-refractivity contribution in [2.24, 2.45) is 0 Å². The molecule has 0 bridgehead atoms. The van der Waals surface area contributed by atoms with E-state index in [9.17, 15) is 40.6 Å². The van der Waals surface area contributed by atoms with Crippen LogP contribution in [0.5, 0.6) is 5.75 Å². The number of alkyl halides is 6. The Kier molecular flexibility index (Phi) is 7.79. The Hall–Kier alpha value is -4.48. The second-order valence-electron chi connectivity index (χ2n) is 10.2. The molecule has 0 fully saturated rings. The first-order chi connectivity index (χ1) is 19.4. The van der Waals surface area contributed by atoms with Crippen molar-refractivity contribution in [3.63, 3.8) is 0 Å². The van der Waals surface area contributed by atoms with Gasteiger partial charge in [0.05, 0.1) is 34.0 Å². The van der Waals surface area contributed by atoms with E-state index in [2.05, 4.69) is 9.97 Å². The molecule has 1 amide bonds. The summed E-state index contributed by atoms with van der Waals surface area (Å²) in [7, 11) is 1.25. The number of halogens is 7. The summed E-state index contributed by atoms with van der Waals surface area (Å²) in [6.45, 7) is 3.96. The van der Waals surface area contributed by atoms with Gasteiger partial charge >= 0.3 is 12.4 Å². The highest BCUT2D eigenvalue weighted by Crippen LogP contribution is 2.45. The van der Waals surface area contributed by atoms with Gasteiger partial charge in [-0.1, -0.05) is 6.07 Å². The lowest BCUT2D eigenvalue weighted by atomic mass is 9.81. The Balaban J connectivity index is 1.90. The van der Waals surface area contributed by atoms with Crippen molar-refractivity contribution in [3.8, 4) is 28.1 Å². The van der Waals surface area contributed by atoms with Gasteiger partial charge in [-0.05, 0) is 79.9 Å². The number of amides is 1. The summed E-state index contributed by atoms with van der Waals surface area (Å²) < 4.78 is 95.3. The van der Waals surface area contributed by atoms with E-state index in [1.54, 1.807) is 19.1 Å². The average molecular weight is 592 g/mol. The zero-order valence-electron chi connectivity index (χ0n) is 22.7. The van der Waals surface area contributed by atoms with Gasteiger partial charge in [-0.25, -0.2) is 4.39 Å². The van der Waals surface area contributed by atoms with Gasteiger partial charge in [-0.3, -0.25) is 14.8 Å².